The number of hydrogen-bond acceptors (Lipinski definition) is 4. The topological polar surface area (TPSA) is 66.7 Å². The van der Waals surface area contributed by atoms with Gasteiger partial charge in [-0.25, -0.2) is 4.39 Å². The summed E-state index contributed by atoms with van der Waals surface area (Å²) in [6, 6.07) is 10.9. The van der Waals surface area contributed by atoms with Crippen molar-refractivity contribution in [1.82, 2.24) is 9.80 Å². The van der Waals surface area contributed by atoms with E-state index >= 15 is 0 Å². The van der Waals surface area contributed by atoms with Crippen LogP contribution < -0.4 is 0 Å². The normalized spacial score (nSPS) is 15.1. The maximum atomic E-state index is 13.9. The number of halogens is 2. The van der Waals surface area contributed by atoms with Crippen LogP contribution in [0, 0.1) is 15.9 Å². The Morgan fingerprint density at radius 2 is 1.88 bits per heavy atom. The molecule has 0 atom stereocenters. The third-order valence-corrected chi connectivity index (χ3v) is 4.84. The van der Waals surface area contributed by atoms with Crippen LogP contribution in [0.5, 0.6) is 0 Å². The molecule has 6 nitrogen and oxygen atoms in total. The average Bonchev–Trinajstić information content (AvgIpc) is 2.64. The number of nitro groups is 1. The Morgan fingerprint density at radius 3 is 2.58 bits per heavy atom. The van der Waals surface area contributed by atoms with Crippen LogP contribution in [0.1, 0.15) is 15.9 Å². The largest absolute Gasteiger partial charge is 0.336 e. The van der Waals surface area contributed by atoms with E-state index in [2.05, 4.69) is 20.8 Å². The number of piperazine rings is 1. The first-order chi connectivity index (χ1) is 12.4. The van der Waals surface area contributed by atoms with Crippen LogP contribution in [0.25, 0.3) is 0 Å². The molecule has 0 radical (unpaired) electrons. The zero-order chi connectivity index (χ0) is 18.7. The fraction of sp³-hybridized carbons (Fsp3) is 0.278. The van der Waals surface area contributed by atoms with Crippen molar-refractivity contribution in [3.63, 3.8) is 0 Å². The van der Waals surface area contributed by atoms with E-state index in [-0.39, 0.29) is 17.2 Å². The average molecular weight is 422 g/mol. The minimum absolute atomic E-state index is 0.0616. The SMILES string of the molecule is O=C(c1cc(Br)ccc1F)N1CCN(Cc2cccc([N+](=O)[O-])c2)CC1. The van der Waals surface area contributed by atoms with Crippen molar-refractivity contribution in [2.45, 2.75) is 6.54 Å². The number of rotatable bonds is 4. The molecule has 136 valence electrons. The predicted molar refractivity (Wildman–Crippen MR) is 98.4 cm³/mol. The number of hydrogen-bond donors (Lipinski definition) is 0. The van der Waals surface area contributed by atoms with Gasteiger partial charge in [-0.15, -0.1) is 0 Å². The number of carbonyl (C=O) groups is 1. The molecule has 1 saturated heterocycles. The fourth-order valence-corrected chi connectivity index (χ4v) is 3.33. The Hall–Kier alpha value is -2.32. The Kier molecular flexibility index (Phi) is 5.63. The predicted octanol–water partition coefficient (Wildman–Crippen LogP) is 3.45. The molecule has 2 aromatic carbocycles. The lowest BCUT2D eigenvalue weighted by Crippen LogP contribution is -2.48. The van der Waals surface area contributed by atoms with Crippen molar-refractivity contribution < 1.29 is 14.1 Å². The molecular formula is C18H17BrFN3O3. The molecule has 1 aliphatic heterocycles. The number of carbonyl (C=O) groups excluding carboxylic acids is 1. The molecule has 0 N–H and O–H groups in total. The lowest BCUT2D eigenvalue weighted by Gasteiger charge is -2.34. The molecule has 1 aliphatic rings. The van der Waals surface area contributed by atoms with Crippen molar-refractivity contribution in [3.8, 4) is 0 Å². The van der Waals surface area contributed by atoms with Gasteiger partial charge in [-0.3, -0.25) is 19.8 Å². The van der Waals surface area contributed by atoms with Crippen LogP contribution in [-0.4, -0.2) is 46.8 Å². The number of nitrogens with zero attached hydrogens (tertiary/aromatic N) is 3. The molecule has 0 saturated carbocycles. The molecule has 0 aliphatic carbocycles. The zero-order valence-corrected chi connectivity index (χ0v) is 15.5. The summed E-state index contributed by atoms with van der Waals surface area (Å²) in [5, 5.41) is 10.9. The fourth-order valence-electron chi connectivity index (χ4n) is 2.97. The monoisotopic (exact) mass is 421 g/mol. The van der Waals surface area contributed by atoms with E-state index in [9.17, 15) is 19.3 Å². The van der Waals surface area contributed by atoms with Gasteiger partial charge in [0.25, 0.3) is 11.6 Å². The van der Waals surface area contributed by atoms with Gasteiger partial charge >= 0.3 is 0 Å². The van der Waals surface area contributed by atoms with Crippen LogP contribution in [0.2, 0.25) is 0 Å². The Morgan fingerprint density at radius 1 is 1.15 bits per heavy atom. The van der Waals surface area contributed by atoms with Crippen molar-refractivity contribution in [3.05, 3.63) is 74.0 Å². The molecule has 1 fully saturated rings. The number of non-ortho nitro benzene ring substituents is 1. The van der Waals surface area contributed by atoms with Gasteiger partial charge in [-0.1, -0.05) is 28.1 Å². The van der Waals surface area contributed by atoms with E-state index in [0.29, 0.717) is 37.2 Å². The summed E-state index contributed by atoms with van der Waals surface area (Å²) in [6.07, 6.45) is 0. The highest BCUT2D eigenvalue weighted by molar-refractivity contribution is 9.10. The third kappa shape index (κ3) is 4.25. The molecule has 0 spiro atoms. The van der Waals surface area contributed by atoms with Gasteiger partial charge in [0.05, 0.1) is 10.5 Å². The van der Waals surface area contributed by atoms with E-state index in [1.807, 2.05) is 6.07 Å². The van der Waals surface area contributed by atoms with Crippen molar-refractivity contribution in [2.24, 2.45) is 0 Å². The van der Waals surface area contributed by atoms with Crippen molar-refractivity contribution in [1.29, 1.82) is 0 Å². The van der Waals surface area contributed by atoms with E-state index in [1.165, 1.54) is 18.2 Å². The second kappa shape index (κ2) is 7.92. The summed E-state index contributed by atoms with van der Waals surface area (Å²) >= 11 is 3.26. The third-order valence-electron chi connectivity index (χ3n) is 4.35. The molecular weight excluding hydrogens is 405 g/mol. The lowest BCUT2D eigenvalue weighted by molar-refractivity contribution is -0.384. The quantitative estimate of drug-likeness (QED) is 0.559. The van der Waals surface area contributed by atoms with Gasteiger partial charge in [0.2, 0.25) is 0 Å². The summed E-state index contributed by atoms with van der Waals surface area (Å²) < 4.78 is 14.6. The maximum Gasteiger partial charge on any atom is 0.269 e. The molecule has 0 bridgehead atoms. The van der Waals surface area contributed by atoms with Crippen LogP contribution in [0.15, 0.2) is 46.9 Å². The summed E-state index contributed by atoms with van der Waals surface area (Å²) in [5.74, 6) is -0.851. The summed E-state index contributed by atoms with van der Waals surface area (Å²) in [4.78, 5) is 26.7. The molecule has 0 unspecified atom stereocenters. The number of amides is 1. The highest BCUT2D eigenvalue weighted by Crippen LogP contribution is 2.19. The summed E-state index contributed by atoms with van der Waals surface area (Å²) in [7, 11) is 0. The van der Waals surface area contributed by atoms with Crippen molar-refractivity contribution in [2.75, 3.05) is 26.2 Å². The van der Waals surface area contributed by atoms with Crippen LogP contribution in [0.3, 0.4) is 0 Å². The Bertz CT molecular complexity index is 838. The lowest BCUT2D eigenvalue weighted by atomic mass is 10.1. The van der Waals surface area contributed by atoms with E-state index in [1.54, 1.807) is 23.1 Å². The molecule has 0 aromatic heterocycles. The van der Waals surface area contributed by atoms with Gasteiger partial charge in [0.15, 0.2) is 0 Å². The Labute approximate surface area is 158 Å². The first-order valence-electron chi connectivity index (χ1n) is 8.14. The minimum Gasteiger partial charge on any atom is -0.336 e. The van der Waals surface area contributed by atoms with Crippen LogP contribution in [-0.2, 0) is 6.54 Å². The van der Waals surface area contributed by atoms with Gasteiger partial charge in [-0.2, -0.15) is 0 Å². The highest BCUT2D eigenvalue weighted by atomic mass is 79.9. The second-order valence-corrected chi connectivity index (χ2v) is 7.04. The second-order valence-electron chi connectivity index (χ2n) is 6.12. The zero-order valence-electron chi connectivity index (χ0n) is 13.9. The molecule has 3 rings (SSSR count). The first-order valence-corrected chi connectivity index (χ1v) is 8.93. The van der Waals surface area contributed by atoms with Gasteiger partial charge in [0.1, 0.15) is 5.82 Å². The molecule has 26 heavy (non-hydrogen) atoms. The van der Waals surface area contributed by atoms with E-state index in [4.69, 9.17) is 0 Å². The summed E-state index contributed by atoms with van der Waals surface area (Å²) in [6.45, 7) is 2.81. The standard InChI is InChI=1S/C18H17BrFN3O3/c19-14-4-5-17(20)16(11-14)18(24)22-8-6-21(7-9-22)12-13-2-1-3-15(10-13)23(25)26/h1-5,10-11H,6-9,12H2. The maximum absolute atomic E-state index is 13.9. The van der Waals surface area contributed by atoms with Crippen LogP contribution >= 0.6 is 15.9 Å². The molecule has 1 heterocycles. The molecule has 8 heteroatoms. The number of benzene rings is 2. The first kappa shape index (κ1) is 18.5. The van der Waals surface area contributed by atoms with Gasteiger partial charge < -0.3 is 4.90 Å². The summed E-state index contributed by atoms with van der Waals surface area (Å²) in [5.41, 5.74) is 0.991. The van der Waals surface area contributed by atoms with E-state index < -0.39 is 10.7 Å². The van der Waals surface area contributed by atoms with Gasteiger partial charge in [0, 0.05) is 49.3 Å². The van der Waals surface area contributed by atoms with Crippen molar-refractivity contribution >= 4 is 27.5 Å². The smallest absolute Gasteiger partial charge is 0.269 e. The molecule has 2 aromatic rings. The Balaban J connectivity index is 1.60. The van der Waals surface area contributed by atoms with Crippen LogP contribution in [0.4, 0.5) is 10.1 Å². The minimum atomic E-state index is -0.530. The highest BCUT2D eigenvalue weighted by Gasteiger charge is 2.24. The number of nitro benzene ring substituents is 1. The molecule has 1 amide bonds. The van der Waals surface area contributed by atoms with E-state index in [0.717, 1.165) is 5.56 Å². The van der Waals surface area contributed by atoms with Gasteiger partial charge in [-0.05, 0) is 23.8 Å².